The topological polar surface area (TPSA) is 99.4 Å². The first-order chi connectivity index (χ1) is 13.5. The van der Waals surface area contributed by atoms with Gasteiger partial charge in [-0.2, -0.15) is 5.10 Å². The van der Waals surface area contributed by atoms with Crippen LogP contribution in [0.3, 0.4) is 0 Å². The van der Waals surface area contributed by atoms with Gasteiger partial charge >= 0.3 is 0 Å². The molecule has 0 unspecified atom stereocenters. The van der Waals surface area contributed by atoms with Gasteiger partial charge in [-0.25, -0.2) is 4.68 Å². The van der Waals surface area contributed by atoms with Crippen LogP contribution in [0.15, 0.2) is 32.2 Å². The van der Waals surface area contributed by atoms with E-state index in [0.29, 0.717) is 22.9 Å². The summed E-state index contributed by atoms with van der Waals surface area (Å²) in [5, 5.41) is 12.4. The number of hydrogen-bond donors (Lipinski definition) is 0. The molecule has 1 spiro atoms. The van der Waals surface area contributed by atoms with Crippen molar-refractivity contribution >= 4 is 5.69 Å². The Morgan fingerprint density at radius 1 is 1.18 bits per heavy atom. The molecule has 2 saturated heterocycles. The average Bonchev–Trinajstić information content (AvgIpc) is 3.36. The van der Waals surface area contributed by atoms with Crippen molar-refractivity contribution in [2.75, 3.05) is 24.6 Å². The molecule has 2 aliphatic rings. The van der Waals surface area contributed by atoms with E-state index >= 15 is 0 Å². The molecule has 0 N–H and O–H groups in total. The summed E-state index contributed by atoms with van der Waals surface area (Å²) < 4.78 is 17.7. The zero-order valence-electron chi connectivity index (χ0n) is 15.8. The van der Waals surface area contributed by atoms with Crippen molar-refractivity contribution in [2.24, 2.45) is 0 Å². The molecule has 0 amide bonds. The normalized spacial score (nSPS) is 18.0. The van der Waals surface area contributed by atoms with Gasteiger partial charge in [-0.3, -0.25) is 4.79 Å². The Morgan fingerprint density at radius 2 is 2.04 bits per heavy atom. The maximum Gasteiger partial charge on any atom is 0.269 e. The van der Waals surface area contributed by atoms with Crippen LogP contribution in [-0.2, 0) is 11.3 Å². The number of anilines is 1. The Labute approximate surface area is 160 Å². The summed E-state index contributed by atoms with van der Waals surface area (Å²) in [6.07, 6.45) is 3.93. The van der Waals surface area contributed by atoms with Crippen molar-refractivity contribution in [1.29, 1.82) is 0 Å². The van der Waals surface area contributed by atoms with E-state index in [0.717, 1.165) is 43.8 Å². The summed E-state index contributed by atoms with van der Waals surface area (Å²) in [7, 11) is 0. The number of rotatable bonds is 4. The van der Waals surface area contributed by atoms with E-state index in [4.69, 9.17) is 13.8 Å². The predicted octanol–water partition coefficient (Wildman–Crippen LogP) is 1.92. The van der Waals surface area contributed by atoms with Gasteiger partial charge in [0.05, 0.1) is 18.4 Å². The van der Waals surface area contributed by atoms with E-state index in [1.807, 2.05) is 6.92 Å². The number of aryl methyl sites for hydroxylation is 2. The molecule has 3 aromatic rings. The van der Waals surface area contributed by atoms with Gasteiger partial charge in [-0.1, -0.05) is 10.3 Å². The maximum atomic E-state index is 12.6. The molecule has 0 aromatic carbocycles. The van der Waals surface area contributed by atoms with Crippen molar-refractivity contribution in [3.05, 3.63) is 45.8 Å². The third kappa shape index (κ3) is 2.82. The highest BCUT2D eigenvalue weighted by Crippen LogP contribution is 2.37. The second-order valence-electron chi connectivity index (χ2n) is 7.59. The standard InChI is InChI=1S/C19H21N5O4/c1-12-6-16(21-27-12)18-15(13(2)28-22-18)9-24-17(25)7-14(8-20-24)23-10-19(11-23)4-3-5-26-19/h6-8H,3-5,9-11H2,1-2H3. The summed E-state index contributed by atoms with van der Waals surface area (Å²) >= 11 is 0. The molecule has 28 heavy (non-hydrogen) atoms. The lowest BCUT2D eigenvalue weighted by atomic mass is 9.90. The van der Waals surface area contributed by atoms with Crippen molar-refractivity contribution in [1.82, 2.24) is 20.1 Å². The van der Waals surface area contributed by atoms with E-state index in [1.54, 1.807) is 25.3 Å². The molecule has 0 bridgehead atoms. The summed E-state index contributed by atoms with van der Waals surface area (Å²) in [6.45, 7) is 6.34. The van der Waals surface area contributed by atoms with Gasteiger partial charge in [0.15, 0.2) is 0 Å². The van der Waals surface area contributed by atoms with Gasteiger partial charge in [0.2, 0.25) is 0 Å². The van der Waals surface area contributed by atoms with Crippen molar-refractivity contribution in [3.63, 3.8) is 0 Å². The zero-order valence-corrected chi connectivity index (χ0v) is 15.8. The third-order valence-corrected chi connectivity index (χ3v) is 5.53. The molecule has 0 atom stereocenters. The summed E-state index contributed by atoms with van der Waals surface area (Å²) in [5.41, 5.74) is 2.55. The molecule has 3 aromatic heterocycles. The molecule has 5 heterocycles. The zero-order chi connectivity index (χ0) is 19.3. The largest absolute Gasteiger partial charge is 0.371 e. The molecule has 9 nitrogen and oxygen atoms in total. The fraction of sp³-hybridized carbons (Fsp3) is 0.474. The summed E-state index contributed by atoms with van der Waals surface area (Å²) in [5.74, 6) is 1.30. The lowest BCUT2D eigenvalue weighted by Crippen LogP contribution is -2.61. The van der Waals surface area contributed by atoms with Crippen molar-refractivity contribution in [3.8, 4) is 11.4 Å². The van der Waals surface area contributed by atoms with Crippen LogP contribution in [0.2, 0.25) is 0 Å². The first kappa shape index (κ1) is 17.2. The maximum absolute atomic E-state index is 12.6. The van der Waals surface area contributed by atoms with E-state index in [9.17, 15) is 4.79 Å². The Kier molecular flexibility index (Phi) is 3.87. The fourth-order valence-corrected chi connectivity index (χ4v) is 3.96. The lowest BCUT2D eigenvalue weighted by Gasteiger charge is -2.48. The van der Waals surface area contributed by atoms with Gasteiger partial charge in [-0.05, 0) is 26.7 Å². The van der Waals surface area contributed by atoms with Crippen LogP contribution >= 0.6 is 0 Å². The molecule has 9 heteroatoms. The van der Waals surface area contributed by atoms with Crippen molar-refractivity contribution in [2.45, 2.75) is 38.8 Å². The molecular weight excluding hydrogens is 362 g/mol. The van der Waals surface area contributed by atoms with Gasteiger partial charge in [-0.15, -0.1) is 0 Å². The Morgan fingerprint density at radius 3 is 2.71 bits per heavy atom. The van der Waals surface area contributed by atoms with E-state index in [1.165, 1.54) is 4.68 Å². The Hall–Kier alpha value is -2.94. The predicted molar refractivity (Wildman–Crippen MR) is 99.2 cm³/mol. The third-order valence-electron chi connectivity index (χ3n) is 5.53. The lowest BCUT2D eigenvalue weighted by molar-refractivity contribution is -0.0181. The molecule has 146 valence electrons. The first-order valence-electron chi connectivity index (χ1n) is 9.38. The molecule has 2 fully saturated rings. The van der Waals surface area contributed by atoms with Crippen LogP contribution in [0.1, 0.15) is 29.9 Å². The van der Waals surface area contributed by atoms with Crippen LogP contribution in [-0.4, -0.2) is 45.4 Å². The van der Waals surface area contributed by atoms with Gasteiger partial charge in [0.25, 0.3) is 5.56 Å². The van der Waals surface area contributed by atoms with Crippen LogP contribution in [0.5, 0.6) is 0 Å². The van der Waals surface area contributed by atoms with Gasteiger partial charge in [0.1, 0.15) is 28.5 Å². The fourth-order valence-electron chi connectivity index (χ4n) is 3.96. The Bertz CT molecular complexity index is 1070. The Balaban J connectivity index is 1.37. The number of nitrogens with zero attached hydrogens (tertiary/aromatic N) is 5. The highest BCUT2D eigenvalue weighted by molar-refractivity contribution is 5.59. The second kappa shape index (κ2) is 6.30. The summed E-state index contributed by atoms with van der Waals surface area (Å²) in [6, 6.07) is 3.41. The summed E-state index contributed by atoms with van der Waals surface area (Å²) in [4.78, 5) is 14.8. The molecule has 5 rings (SSSR count). The van der Waals surface area contributed by atoms with Gasteiger partial charge in [0, 0.05) is 37.4 Å². The average molecular weight is 383 g/mol. The second-order valence-corrected chi connectivity index (χ2v) is 7.59. The van der Waals surface area contributed by atoms with E-state index < -0.39 is 0 Å². The molecule has 0 saturated carbocycles. The highest BCUT2D eigenvalue weighted by atomic mass is 16.5. The van der Waals surface area contributed by atoms with Crippen LogP contribution < -0.4 is 10.5 Å². The minimum Gasteiger partial charge on any atom is -0.371 e. The number of ether oxygens (including phenoxy) is 1. The van der Waals surface area contributed by atoms with Crippen LogP contribution in [0, 0.1) is 13.8 Å². The highest BCUT2D eigenvalue weighted by Gasteiger charge is 2.46. The number of hydrogen-bond acceptors (Lipinski definition) is 8. The van der Waals surface area contributed by atoms with Crippen LogP contribution in [0.4, 0.5) is 5.69 Å². The molecule has 2 aliphatic heterocycles. The van der Waals surface area contributed by atoms with Gasteiger partial charge < -0.3 is 18.7 Å². The molecule has 0 aliphatic carbocycles. The molecular formula is C19H21N5O4. The van der Waals surface area contributed by atoms with Crippen LogP contribution in [0.25, 0.3) is 11.4 Å². The minimum atomic E-state index is -0.173. The monoisotopic (exact) mass is 383 g/mol. The van der Waals surface area contributed by atoms with E-state index in [2.05, 4.69) is 20.3 Å². The minimum absolute atomic E-state index is 0.0148. The quantitative estimate of drug-likeness (QED) is 0.674. The van der Waals surface area contributed by atoms with E-state index in [-0.39, 0.29) is 17.7 Å². The molecule has 0 radical (unpaired) electrons. The van der Waals surface area contributed by atoms with Crippen molar-refractivity contribution < 1.29 is 13.8 Å². The first-order valence-corrected chi connectivity index (χ1v) is 9.38. The smallest absolute Gasteiger partial charge is 0.269 e. The SMILES string of the molecule is Cc1cc(-c2noc(C)c2Cn2ncc(N3CC4(CCCO4)C3)cc2=O)no1. The number of aromatic nitrogens is 4.